The molecule has 6 atom stereocenters. The van der Waals surface area contributed by atoms with Crippen LogP contribution in [0.25, 0.3) is 0 Å². The normalized spacial score (nSPS) is 21.5. The fraction of sp³-hybridized carbons (Fsp3) is 0.682. The molecule has 1 aliphatic heterocycles. The van der Waals surface area contributed by atoms with E-state index in [1.165, 1.54) is 31.5 Å². The second-order valence-electron chi connectivity index (χ2n) is 8.70. The molecule has 0 unspecified atom stereocenters. The molecule has 2 rings (SSSR count). The molecule has 2 heterocycles. The molecule has 1 aromatic heterocycles. The molecule has 6 N–H and O–H groups in total. The Morgan fingerprint density at radius 3 is 2.54 bits per heavy atom. The predicted octanol–water partition coefficient (Wildman–Crippen LogP) is -1.61. The summed E-state index contributed by atoms with van der Waals surface area (Å²) in [4.78, 5) is 58.4. The third-order valence-corrected chi connectivity index (χ3v) is 6.18. The highest BCUT2D eigenvalue weighted by atomic mass is 16.5. The number of likely N-dealkylation sites (N-methyl/N-ethyl adjacent to an activating group) is 1. The van der Waals surface area contributed by atoms with E-state index < -0.39 is 60.1 Å². The van der Waals surface area contributed by atoms with E-state index in [4.69, 9.17) is 4.74 Å². The molecular formula is C22H36N6O7. The molecule has 1 aliphatic rings. The number of aliphatic carboxylic acids is 1. The predicted molar refractivity (Wildman–Crippen MR) is 124 cm³/mol. The van der Waals surface area contributed by atoms with Crippen molar-refractivity contribution in [2.45, 2.75) is 75.9 Å². The van der Waals surface area contributed by atoms with Gasteiger partial charge < -0.3 is 40.8 Å². The number of nitrogens with one attached hydrogen (secondary N) is 4. The molecule has 1 saturated heterocycles. The monoisotopic (exact) mass is 496 g/mol. The van der Waals surface area contributed by atoms with Gasteiger partial charge in [0.15, 0.2) is 0 Å². The van der Waals surface area contributed by atoms with Crippen molar-refractivity contribution >= 4 is 23.7 Å². The third-order valence-electron chi connectivity index (χ3n) is 6.18. The summed E-state index contributed by atoms with van der Waals surface area (Å²) in [5.41, 5.74) is 0.549. The van der Waals surface area contributed by atoms with Gasteiger partial charge in [0.1, 0.15) is 12.1 Å². The first-order chi connectivity index (χ1) is 16.6. The van der Waals surface area contributed by atoms with Crippen molar-refractivity contribution in [3.8, 4) is 0 Å². The lowest BCUT2D eigenvalue weighted by molar-refractivity contribution is -0.149. The summed E-state index contributed by atoms with van der Waals surface area (Å²) in [6.45, 7) is 3.32. The molecule has 35 heavy (non-hydrogen) atoms. The van der Waals surface area contributed by atoms with Crippen molar-refractivity contribution in [3.05, 3.63) is 18.2 Å². The number of imidazole rings is 1. The lowest BCUT2D eigenvalue weighted by Gasteiger charge is -2.42. The summed E-state index contributed by atoms with van der Waals surface area (Å²) in [6.07, 6.45) is 2.25. The molecule has 13 heteroatoms. The summed E-state index contributed by atoms with van der Waals surface area (Å²) in [5, 5.41) is 27.6. The zero-order valence-corrected chi connectivity index (χ0v) is 20.5. The van der Waals surface area contributed by atoms with Gasteiger partial charge in [0.05, 0.1) is 30.6 Å². The smallest absolute Gasteiger partial charge is 0.326 e. The van der Waals surface area contributed by atoms with Gasteiger partial charge in [0.25, 0.3) is 0 Å². The van der Waals surface area contributed by atoms with E-state index in [0.29, 0.717) is 25.1 Å². The number of hydrogen-bond donors (Lipinski definition) is 6. The van der Waals surface area contributed by atoms with E-state index in [1.54, 1.807) is 14.0 Å². The van der Waals surface area contributed by atoms with Crippen LogP contribution in [0.2, 0.25) is 0 Å². The Morgan fingerprint density at radius 2 is 2.00 bits per heavy atom. The molecule has 0 spiro atoms. The van der Waals surface area contributed by atoms with Gasteiger partial charge in [-0.05, 0) is 33.7 Å². The number of aromatic amines is 1. The molecule has 3 amide bonds. The van der Waals surface area contributed by atoms with Crippen LogP contribution in [0.15, 0.2) is 12.5 Å². The number of nitrogens with zero attached hydrogens (tertiary/aromatic N) is 2. The van der Waals surface area contributed by atoms with Gasteiger partial charge in [-0.25, -0.2) is 9.78 Å². The SMILES string of the molecule is CN[C@@H](C)C(=O)N[C@H](C(=O)N1CCC[C@@H](OC)[C@H]1CC(=O)N[C@@H](Cc1cnc[nH]1)C(=O)O)[C@H](C)O. The molecule has 13 nitrogen and oxygen atoms in total. The largest absolute Gasteiger partial charge is 0.480 e. The molecule has 0 aliphatic carbocycles. The van der Waals surface area contributed by atoms with Crippen LogP contribution in [-0.4, -0.2) is 106 Å². The van der Waals surface area contributed by atoms with Crippen LogP contribution in [0, 0.1) is 0 Å². The van der Waals surface area contributed by atoms with Crippen LogP contribution in [0.1, 0.15) is 38.8 Å². The first kappa shape index (κ1) is 28.2. The maximum atomic E-state index is 13.4. The Hall–Kier alpha value is -3.03. The first-order valence-electron chi connectivity index (χ1n) is 11.6. The number of carboxylic acids is 1. The van der Waals surface area contributed by atoms with Gasteiger partial charge in [-0.3, -0.25) is 14.4 Å². The van der Waals surface area contributed by atoms with Crippen molar-refractivity contribution in [1.82, 2.24) is 30.8 Å². The highest BCUT2D eigenvalue weighted by Crippen LogP contribution is 2.24. The fourth-order valence-corrected chi connectivity index (χ4v) is 4.05. The van der Waals surface area contributed by atoms with Gasteiger partial charge in [0, 0.05) is 38.4 Å². The second kappa shape index (κ2) is 13.2. The second-order valence-corrected chi connectivity index (χ2v) is 8.70. The van der Waals surface area contributed by atoms with Gasteiger partial charge in [-0.2, -0.15) is 0 Å². The van der Waals surface area contributed by atoms with E-state index in [9.17, 15) is 29.4 Å². The standard InChI is InChI=1S/C22H36N6O7/c1-12(23-3)20(31)27-19(13(2)29)21(32)28-7-5-6-17(35-4)16(28)9-18(30)26-15(22(33)34)8-14-10-24-11-25-14/h10-13,15-17,19,23,29H,5-9H2,1-4H3,(H,24,25)(H,26,30)(H,27,31)(H,33,34)/t12-,13-,15-,16+,17+,19-/m0/s1. The summed E-state index contributed by atoms with van der Waals surface area (Å²) in [6, 6.07) is -3.69. The number of amides is 3. The zero-order valence-electron chi connectivity index (χ0n) is 20.5. The van der Waals surface area contributed by atoms with Crippen molar-refractivity contribution < 1.29 is 34.1 Å². The number of aromatic nitrogens is 2. The number of rotatable bonds is 12. The van der Waals surface area contributed by atoms with Gasteiger partial charge >= 0.3 is 5.97 Å². The number of carbonyl (C=O) groups is 4. The average Bonchev–Trinajstić information content (AvgIpc) is 3.34. The lowest BCUT2D eigenvalue weighted by Crippen LogP contribution is -2.62. The molecule has 1 fully saturated rings. The molecule has 0 radical (unpaired) electrons. The summed E-state index contributed by atoms with van der Waals surface area (Å²) >= 11 is 0. The number of likely N-dealkylation sites (tertiary alicyclic amines) is 1. The number of hydrogen-bond acceptors (Lipinski definition) is 8. The topological polar surface area (TPSA) is 186 Å². The number of carboxylic acid groups (broad SMARTS) is 1. The molecular weight excluding hydrogens is 460 g/mol. The van der Waals surface area contributed by atoms with Gasteiger partial charge in [-0.15, -0.1) is 0 Å². The van der Waals surface area contributed by atoms with Crippen LogP contribution in [0.5, 0.6) is 0 Å². The van der Waals surface area contributed by atoms with E-state index in [0.717, 1.165) is 0 Å². The fourth-order valence-electron chi connectivity index (χ4n) is 4.05. The number of ether oxygens (including phenoxy) is 1. The third kappa shape index (κ3) is 7.73. The number of aliphatic hydroxyl groups excluding tert-OH is 1. The van der Waals surface area contributed by atoms with Crippen molar-refractivity contribution in [2.75, 3.05) is 20.7 Å². The molecule has 196 valence electrons. The summed E-state index contributed by atoms with van der Waals surface area (Å²) in [5.74, 6) is -2.76. The highest BCUT2D eigenvalue weighted by molar-refractivity contribution is 5.91. The Labute approximate surface area is 204 Å². The van der Waals surface area contributed by atoms with Crippen LogP contribution >= 0.6 is 0 Å². The van der Waals surface area contributed by atoms with Gasteiger partial charge in [-0.1, -0.05) is 0 Å². The number of piperidine rings is 1. The van der Waals surface area contributed by atoms with Crippen LogP contribution in [0.3, 0.4) is 0 Å². The Balaban J connectivity index is 2.17. The summed E-state index contributed by atoms with van der Waals surface area (Å²) in [7, 11) is 3.08. The van der Waals surface area contributed by atoms with Crippen LogP contribution < -0.4 is 16.0 Å². The molecule has 0 aromatic carbocycles. The van der Waals surface area contributed by atoms with Crippen molar-refractivity contribution in [3.63, 3.8) is 0 Å². The van der Waals surface area contributed by atoms with E-state index >= 15 is 0 Å². The minimum absolute atomic E-state index is 0.0157. The van der Waals surface area contributed by atoms with Crippen molar-refractivity contribution in [2.24, 2.45) is 0 Å². The van der Waals surface area contributed by atoms with Crippen LogP contribution in [0.4, 0.5) is 0 Å². The maximum Gasteiger partial charge on any atom is 0.326 e. The number of H-pyrrole nitrogens is 1. The van der Waals surface area contributed by atoms with E-state index in [1.807, 2.05) is 0 Å². The van der Waals surface area contributed by atoms with E-state index in [2.05, 4.69) is 25.9 Å². The highest BCUT2D eigenvalue weighted by Gasteiger charge is 2.40. The van der Waals surface area contributed by atoms with Crippen molar-refractivity contribution in [1.29, 1.82) is 0 Å². The van der Waals surface area contributed by atoms with E-state index in [-0.39, 0.29) is 12.8 Å². The maximum absolute atomic E-state index is 13.4. The average molecular weight is 497 g/mol. The Morgan fingerprint density at radius 1 is 1.29 bits per heavy atom. The lowest BCUT2D eigenvalue weighted by atomic mass is 9.93. The molecule has 0 bridgehead atoms. The van der Waals surface area contributed by atoms with Crippen LogP contribution in [-0.2, 0) is 30.3 Å². The minimum atomic E-state index is -1.22. The minimum Gasteiger partial charge on any atom is -0.480 e. The number of carbonyl (C=O) groups excluding carboxylic acids is 3. The quantitative estimate of drug-likeness (QED) is 0.198. The Bertz CT molecular complexity index is 862. The molecule has 0 saturated carbocycles. The molecule has 1 aromatic rings. The first-order valence-corrected chi connectivity index (χ1v) is 11.6. The van der Waals surface area contributed by atoms with Gasteiger partial charge in [0.2, 0.25) is 17.7 Å². The number of aliphatic hydroxyl groups is 1. The number of methoxy groups -OCH3 is 1. The summed E-state index contributed by atoms with van der Waals surface area (Å²) < 4.78 is 5.54. The zero-order chi connectivity index (χ0) is 26.1. The Kier molecular flexibility index (Phi) is 10.6.